The number of rotatable bonds is 3. The molecule has 0 aliphatic heterocycles. The van der Waals surface area contributed by atoms with Crippen molar-refractivity contribution >= 4 is 11.8 Å². The molecule has 0 saturated carbocycles. The van der Waals surface area contributed by atoms with Gasteiger partial charge in [0, 0.05) is 10.1 Å². The van der Waals surface area contributed by atoms with Gasteiger partial charge < -0.3 is 5.11 Å². The van der Waals surface area contributed by atoms with Gasteiger partial charge in [0.2, 0.25) is 0 Å². The molecule has 1 aromatic carbocycles. The highest BCUT2D eigenvalue weighted by molar-refractivity contribution is 8.00. The fraction of sp³-hybridized carbons (Fsp3) is 0.400. The topological polar surface area (TPSA) is 20.2 Å². The Morgan fingerprint density at radius 2 is 2.15 bits per heavy atom. The first-order valence-electron chi connectivity index (χ1n) is 4.20. The second-order valence-corrected chi connectivity index (χ2v) is 4.64. The van der Waals surface area contributed by atoms with Crippen molar-refractivity contribution in [3.8, 4) is 0 Å². The van der Waals surface area contributed by atoms with Crippen LogP contribution in [0.1, 0.15) is 19.4 Å². The van der Waals surface area contributed by atoms with Gasteiger partial charge in [-0.05, 0) is 11.6 Å². The Bertz CT molecular complexity index is 286. The van der Waals surface area contributed by atoms with E-state index in [0.717, 1.165) is 0 Å². The zero-order valence-electron chi connectivity index (χ0n) is 7.75. The number of benzene rings is 1. The van der Waals surface area contributed by atoms with Crippen LogP contribution in [0, 0.1) is 5.82 Å². The molecule has 0 aliphatic carbocycles. The first kappa shape index (κ1) is 10.5. The molecule has 72 valence electrons. The van der Waals surface area contributed by atoms with Gasteiger partial charge in [0.05, 0.1) is 6.61 Å². The van der Waals surface area contributed by atoms with E-state index in [2.05, 4.69) is 0 Å². The summed E-state index contributed by atoms with van der Waals surface area (Å²) in [5.41, 5.74) is 0.665. The molecule has 0 saturated heterocycles. The highest BCUT2D eigenvalue weighted by atomic mass is 32.2. The summed E-state index contributed by atoms with van der Waals surface area (Å²) in [4.78, 5) is 0.569. The fourth-order valence-corrected chi connectivity index (χ4v) is 1.98. The van der Waals surface area contributed by atoms with Gasteiger partial charge >= 0.3 is 0 Å². The van der Waals surface area contributed by atoms with Crippen molar-refractivity contribution in [3.63, 3.8) is 0 Å². The highest BCUT2D eigenvalue weighted by Gasteiger charge is 2.09. The van der Waals surface area contributed by atoms with Crippen molar-refractivity contribution in [3.05, 3.63) is 29.6 Å². The number of hydrogen-bond donors (Lipinski definition) is 1. The van der Waals surface area contributed by atoms with Crippen LogP contribution in [0.2, 0.25) is 0 Å². The van der Waals surface area contributed by atoms with Crippen LogP contribution in [-0.2, 0) is 6.61 Å². The van der Waals surface area contributed by atoms with E-state index in [-0.39, 0.29) is 12.4 Å². The van der Waals surface area contributed by atoms with Crippen molar-refractivity contribution in [2.45, 2.75) is 30.6 Å². The first-order valence-corrected chi connectivity index (χ1v) is 5.08. The molecular formula is C10H13FOS. The quantitative estimate of drug-likeness (QED) is 0.757. The van der Waals surface area contributed by atoms with Crippen molar-refractivity contribution in [1.82, 2.24) is 0 Å². The third-order valence-corrected chi connectivity index (χ3v) is 2.74. The van der Waals surface area contributed by atoms with Crippen LogP contribution < -0.4 is 0 Å². The Balaban J connectivity index is 3.00. The van der Waals surface area contributed by atoms with Gasteiger partial charge in [0.1, 0.15) is 5.82 Å². The molecule has 0 bridgehead atoms. The monoisotopic (exact) mass is 200 g/mol. The van der Waals surface area contributed by atoms with Gasteiger partial charge in [-0.3, -0.25) is 0 Å². The Kier molecular flexibility index (Phi) is 3.75. The van der Waals surface area contributed by atoms with Gasteiger partial charge in [-0.25, -0.2) is 4.39 Å². The molecule has 0 amide bonds. The van der Waals surface area contributed by atoms with Gasteiger partial charge in [0.15, 0.2) is 0 Å². The van der Waals surface area contributed by atoms with Gasteiger partial charge in [0.25, 0.3) is 0 Å². The molecule has 3 heteroatoms. The van der Waals surface area contributed by atoms with Crippen LogP contribution in [0.4, 0.5) is 4.39 Å². The lowest BCUT2D eigenvalue weighted by Crippen LogP contribution is -1.95. The van der Waals surface area contributed by atoms with E-state index in [1.165, 1.54) is 17.8 Å². The van der Waals surface area contributed by atoms with E-state index in [0.29, 0.717) is 15.7 Å². The summed E-state index contributed by atoms with van der Waals surface area (Å²) in [6, 6.07) is 4.78. The van der Waals surface area contributed by atoms with Crippen molar-refractivity contribution in [2.24, 2.45) is 0 Å². The SMILES string of the molecule is CC(C)Sc1c(F)cccc1CO. The number of thioether (sulfide) groups is 1. The third-order valence-electron chi connectivity index (χ3n) is 1.57. The standard InChI is InChI=1S/C10H13FOS/c1-7(2)13-10-8(6-12)4-3-5-9(10)11/h3-5,7,12H,6H2,1-2H3. The van der Waals surface area contributed by atoms with E-state index >= 15 is 0 Å². The Morgan fingerprint density at radius 1 is 1.46 bits per heavy atom. The highest BCUT2D eigenvalue weighted by Crippen LogP contribution is 2.29. The minimum atomic E-state index is -0.245. The predicted molar refractivity (Wildman–Crippen MR) is 53.3 cm³/mol. The molecule has 0 fully saturated rings. The Morgan fingerprint density at radius 3 is 2.69 bits per heavy atom. The summed E-state index contributed by atoms with van der Waals surface area (Å²) in [7, 11) is 0. The molecule has 1 rings (SSSR count). The van der Waals surface area contributed by atoms with E-state index in [1.807, 2.05) is 13.8 Å². The van der Waals surface area contributed by atoms with Crippen LogP contribution in [0.5, 0.6) is 0 Å². The summed E-state index contributed by atoms with van der Waals surface area (Å²) < 4.78 is 13.3. The second kappa shape index (κ2) is 4.63. The molecule has 0 heterocycles. The average molecular weight is 200 g/mol. The molecular weight excluding hydrogens is 187 g/mol. The van der Waals surface area contributed by atoms with Crippen LogP contribution in [-0.4, -0.2) is 10.4 Å². The molecule has 1 nitrogen and oxygen atoms in total. The lowest BCUT2D eigenvalue weighted by Gasteiger charge is -2.09. The van der Waals surface area contributed by atoms with Gasteiger partial charge in [-0.2, -0.15) is 0 Å². The Labute approximate surface area is 82.0 Å². The summed E-state index contributed by atoms with van der Waals surface area (Å²) in [6.45, 7) is 3.89. The fourth-order valence-electron chi connectivity index (χ4n) is 1.05. The largest absolute Gasteiger partial charge is 0.392 e. The molecule has 0 radical (unpaired) electrons. The zero-order valence-corrected chi connectivity index (χ0v) is 8.57. The van der Waals surface area contributed by atoms with Crippen molar-refractivity contribution < 1.29 is 9.50 Å². The third kappa shape index (κ3) is 2.71. The molecule has 0 atom stereocenters. The predicted octanol–water partition coefficient (Wildman–Crippen LogP) is 2.82. The molecule has 1 N–H and O–H groups in total. The number of aliphatic hydroxyl groups is 1. The molecule has 0 unspecified atom stereocenters. The lowest BCUT2D eigenvalue weighted by atomic mass is 10.2. The van der Waals surface area contributed by atoms with Gasteiger partial charge in [-0.1, -0.05) is 26.0 Å². The molecule has 0 aliphatic rings. The second-order valence-electron chi connectivity index (χ2n) is 3.05. The van der Waals surface area contributed by atoms with Gasteiger partial charge in [-0.15, -0.1) is 11.8 Å². The van der Waals surface area contributed by atoms with Crippen LogP contribution in [0.25, 0.3) is 0 Å². The molecule has 1 aromatic rings. The molecule has 0 aromatic heterocycles. The summed E-state index contributed by atoms with van der Waals surface area (Å²) >= 11 is 1.44. The average Bonchev–Trinajstić information content (AvgIpc) is 2.08. The van der Waals surface area contributed by atoms with Crippen molar-refractivity contribution in [1.29, 1.82) is 0 Å². The Hall–Kier alpha value is -0.540. The minimum absolute atomic E-state index is 0.104. The maximum atomic E-state index is 13.3. The number of aliphatic hydroxyl groups excluding tert-OH is 1. The van der Waals surface area contributed by atoms with Crippen LogP contribution in [0.3, 0.4) is 0 Å². The minimum Gasteiger partial charge on any atom is -0.392 e. The van der Waals surface area contributed by atoms with E-state index in [1.54, 1.807) is 12.1 Å². The van der Waals surface area contributed by atoms with E-state index in [9.17, 15) is 4.39 Å². The summed E-state index contributed by atoms with van der Waals surface area (Å²) in [6.07, 6.45) is 0. The smallest absolute Gasteiger partial charge is 0.137 e. The number of hydrogen-bond acceptors (Lipinski definition) is 2. The maximum Gasteiger partial charge on any atom is 0.137 e. The van der Waals surface area contributed by atoms with Crippen LogP contribution in [0.15, 0.2) is 23.1 Å². The van der Waals surface area contributed by atoms with E-state index in [4.69, 9.17) is 5.11 Å². The molecule has 13 heavy (non-hydrogen) atoms. The van der Waals surface area contributed by atoms with Crippen LogP contribution >= 0.6 is 11.8 Å². The zero-order chi connectivity index (χ0) is 9.84. The first-order chi connectivity index (χ1) is 6.15. The summed E-state index contributed by atoms with van der Waals surface area (Å²) in [5.74, 6) is -0.245. The molecule has 0 spiro atoms. The summed E-state index contributed by atoms with van der Waals surface area (Å²) in [5, 5.41) is 9.30. The van der Waals surface area contributed by atoms with Crippen molar-refractivity contribution in [2.75, 3.05) is 0 Å². The van der Waals surface area contributed by atoms with E-state index < -0.39 is 0 Å². The normalized spacial score (nSPS) is 10.8. The lowest BCUT2D eigenvalue weighted by molar-refractivity contribution is 0.277. The number of halogens is 1. The maximum absolute atomic E-state index is 13.3.